The van der Waals surface area contributed by atoms with Crippen LogP contribution in [0.5, 0.6) is 0 Å². The maximum absolute atomic E-state index is 11.9. The third-order valence-electron chi connectivity index (χ3n) is 7.23. The number of carbonyl (C=O) groups excluding carboxylic acids is 1. The van der Waals surface area contributed by atoms with E-state index >= 15 is 0 Å². The molecule has 1 aromatic heterocycles. The summed E-state index contributed by atoms with van der Waals surface area (Å²) in [5.41, 5.74) is 5.76. The van der Waals surface area contributed by atoms with Crippen LogP contribution in [-0.2, 0) is 27.4 Å². The number of ether oxygens (including phenoxy) is 3. The van der Waals surface area contributed by atoms with Crippen LogP contribution >= 0.6 is 11.8 Å². The van der Waals surface area contributed by atoms with E-state index in [-0.39, 0.29) is 31.3 Å². The molecular formula is C34H35N3O5S. The fourth-order valence-electron chi connectivity index (χ4n) is 4.91. The molecule has 8 nitrogen and oxygen atoms in total. The second-order valence-corrected chi connectivity index (χ2v) is 11.2. The molecular weight excluding hydrogens is 562 g/mol. The smallest absolute Gasteiger partial charge is 0.407 e. The summed E-state index contributed by atoms with van der Waals surface area (Å²) in [7, 11) is 0. The largest absolute Gasteiger partial charge is 0.445 e. The fourth-order valence-corrected chi connectivity index (χ4v) is 5.88. The van der Waals surface area contributed by atoms with Crippen LogP contribution in [0.2, 0.25) is 0 Å². The van der Waals surface area contributed by atoms with Crippen molar-refractivity contribution in [1.82, 2.24) is 15.3 Å². The molecule has 1 fully saturated rings. The molecule has 2 N–H and O–H groups in total. The van der Waals surface area contributed by atoms with Gasteiger partial charge in [-0.05, 0) is 46.0 Å². The van der Waals surface area contributed by atoms with Gasteiger partial charge >= 0.3 is 6.09 Å². The molecule has 1 aliphatic rings. The predicted molar refractivity (Wildman–Crippen MR) is 166 cm³/mol. The number of thioether (sulfide) groups is 1. The van der Waals surface area contributed by atoms with Gasteiger partial charge in [-0.3, -0.25) is 0 Å². The van der Waals surface area contributed by atoms with E-state index in [9.17, 15) is 9.90 Å². The fraction of sp³-hybridized carbons (Fsp3) is 0.265. The van der Waals surface area contributed by atoms with E-state index < -0.39 is 12.4 Å². The van der Waals surface area contributed by atoms with E-state index in [1.807, 2.05) is 66.7 Å². The second-order valence-electron chi connectivity index (χ2n) is 10.2. The minimum atomic E-state index is -0.592. The van der Waals surface area contributed by atoms with Gasteiger partial charge in [-0.2, -0.15) is 0 Å². The van der Waals surface area contributed by atoms with Gasteiger partial charge in [0, 0.05) is 36.2 Å². The minimum absolute atomic E-state index is 0.00706. The molecule has 4 aromatic rings. The molecule has 0 spiro atoms. The topological polar surface area (TPSA) is 103 Å². The molecule has 5 rings (SSSR count). The Morgan fingerprint density at radius 3 is 2.47 bits per heavy atom. The normalized spacial score (nSPS) is 19.9. The van der Waals surface area contributed by atoms with Crippen LogP contribution in [0.25, 0.3) is 11.1 Å². The summed E-state index contributed by atoms with van der Waals surface area (Å²) in [5, 5.41) is 13.0. The van der Waals surface area contributed by atoms with E-state index in [2.05, 4.69) is 34.9 Å². The summed E-state index contributed by atoms with van der Waals surface area (Å²) in [6.45, 7) is 6.20. The number of rotatable bonds is 11. The number of nitrogens with zero attached hydrogens (tertiary/aromatic N) is 2. The Balaban J connectivity index is 1.37. The molecule has 0 aliphatic carbocycles. The van der Waals surface area contributed by atoms with Crippen LogP contribution in [0, 0.1) is 5.92 Å². The highest BCUT2D eigenvalue weighted by Crippen LogP contribution is 2.43. The highest BCUT2D eigenvalue weighted by atomic mass is 32.2. The van der Waals surface area contributed by atoms with Gasteiger partial charge in [0.2, 0.25) is 0 Å². The summed E-state index contributed by atoms with van der Waals surface area (Å²) in [6.07, 6.45) is 3.58. The number of hydrogen-bond donors (Lipinski definition) is 2. The Labute approximate surface area is 256 Å². The number of alkyl carbamates (subject to hydrolysis) is 1. The van der Waals surface area contributed by atoms with Crippen LogP contribution in [0.15, 0.2) is 109 Å². The molecule has 0 radical (unpaired) electrons. The molecule has 1 aliphatic heterocycles. The standard InChI is InChI=1S/C34H35N3O5S/c1-3-17-40-34(39)37-20-25-7-4-8-27(18-25)28-9-5-10-29(19-28)32-41-30(22-43-33-35-15-6-16-36-33)23(2)31(42-32)26-13-11-24(21-38)12-14-26/h3-16,18-19,23,30-32,38H,1,17,20-22H2,2H3,(H,37,39)/t23-,30+,31+,32+/m1/s1. The average Bonchev–Trinajstić information content (AvgIpc) is 3.06. The third-order valence-corrected chi connectivity index (χ3v) is 8.19. The number of hydrogen-bond acceptors (Lipinski definition) is 8. The molecule has 222 valence electrons. The lowest BCUT2D eigenvalue weighted by Gasteiger charge is -2.41. The monoisotopic (exact) mass is 597 g/mol. The van der Waals surface area contributed by atoms with E-state index in [0.29, 0.717) is 17.5 Å². The Kier molecular flexibility index (Phi) is 10.6. The molecule has 0 bridgehead atoms. The Bertz CT molecular complexity index is 1500. The van der Waals surface area contributed by atoms with Crippen molar-refractivity contribution in [2.24, 2.45) is 5.92 Å². The average molecular weight is 598 g/mol. The minimum Gasteiger partial charge on any atom is -0.445 e. The summed E-state index contributed by atoms with van der Waals surface area (Å²) >= 11 is 1.56. The molecule has 1 amide bonds. The van der Waals surface area contributed by atoms with Crippen molar-refractivity contribution in [2.75, 3.05) is 12.4 Å². The summed E-state index contributed by atoms with van der Waals surface area (Å²) in [5.74, 6) is 0.721. The van der Waals surface area contributed by atoms with Crippen molar-refractivity contribution >= 4 is 17.9 Å². The van der Waals surface area contributed by atoms with Gasteiger partial charge in [-0.15, -0.1) is 0 Å². The van der Waals surface area contributed by atoms with E-state index in [0.717, 1.165) is 33.4 Å². The van der Waals surface area contributed by atoms with Gasteiger partial charge in [-0.1, -0.05) is 92.0 Å². The highest BCUT2D eigenvalue weighted by Gasteiger charge is 2.38. The van der Waals surface area contributed by atoms with Crippen molar-refractivity contribution in [2.45, 2.75) is 43.7 Å². The first-order chi connectivity index (χ1) is 21.0. The van der Waals surface area contributed by atoms with Crippen LogP contribution < -0.4 is 5.32 Å². The summed E-state index contributed by atoms with van der Waals surface area (Å²) in [6, 6.07) is 25.8. The van der Waals surface area contributed by atoms with Gasteiger partial charge < -0.3 is 24.6 Å². The van der Waals surface area contributed by atoms with Crippen molar-refractivity contribution in [1.29, 1.82) is 0 Å². The Morgan fingerprint density at radius 2 is 1.72 bits per heavy atom. The molecule has 4 atom stereocenters. The maximum atomic E-state index is 11.9. The van der Waals surface area contributed by atoms with Crippen molar-refractivity contribution in [3.8, 4) is 11.1 Å². The number of carbonyl (C=O) groups is 1. The molecule has 3 aromatic carbocycles. The van der Waals surface area contributed by atoms with Gasteiger partial charge in [0.15, 0.2) is 11.4 Å². The van der Waals surface area contributed by atoms with E-state index in [1.165, 1.54) is 6.08 Å². The zero-order valence-electron chi connectivity index (χ0n) is 24.0. The lowest BCUT2D eigenvalue weighted by molar-refractivity contribution is -0.268. The molecule has 0 unspecified atom stereocenters. The van der Waals surface area contributed by atoms with Gasteiger partial charge in [-0.25, -0.2) is 14.8 Å². The van der Waals surface area contributed by atoms with Crippen molar-refractivity contribution < 1.29 is 24.1 Å². The second kappa shape index (κ2) is 14.9. The number of benzene rings is 3. The first-order valence-electron chi connectivity index (χ1n) is 14.1. The molecule has 1 saturated heterocycles. The molecule has 43 heavy (non-hydrogen) atoms. The molecule has 9 heteroatoms. The summed E-state index contributed by atoms with van der Waals surface area (Å²) in [4.78, 5) is 20.6. The zero-order valence-corrected chi connectivity index (χ0v) is 24.8. The quantitative estimate of drug-likeness (QED) is 0.113. The van der Waals surface area contributed by atoms with Crippen LogP contribution in [0.4, 0.5) is 4.79 Å². The first kappa shape index (κ1) is 30.4. The first-order valence-corrected chi connectivity index (χ1v) is 15.1. The van der Waals surface area contributed by atoms with Gasteiger partial charge in [0.1, 0.15) is 6.61 Å². The van der Waals surface area contributed by atoms with Crippen molar-refractivity contribution in [3.63, 3.8) is 0 Å². The van der Waals surface area contributed by atoms with Crippen LogP contribution in [0.1, 0.15) is 41.6 Å². The third kappa shape index (κ3) is 8.09. The van der Waals surface area contributed by atoms with Crippen molar-refractivity contribution in [3.05, 3.63) is 126 Å². The Morgan fingerprint density at radius 1 is 0.977 bits per heavy atom. The van der Waals surface area contributed by atoms with E-state index in [4.69, 9.17) is 14.2 Å². The van der Waals surface area contributed by atoms with E-state index in [1.54, 1.807) is 30.2 Å². The Hall–Kier alpha value is -4.02. The summed E-state index contributed by atoms with van der Waals surface area (Å²) < 4.78 is 18.3. The lowest BCUT2D eigenvalue weighted by atomic mass is 9.91. The number of nitrogens with one attached hydrogen (secondary N) is 1. The zero-order chi connectivity index (χ0) is 30.0. The lowest BCUT2D eigenvalue weighted by Crippen LogP contribution is -2.38. The number of amides is 1. The molecule has 0 saturated carbocycles. The molecule has 2 heterocycles. The SMILES string of the molecule is C=CCOC(=O)NCc1cccc(-c2cccc([C@H]3O[C@@H](CSc4ncccn4)[C@@H](C)[C@@H](c4ccc(CO)cc4)O3)c2)c1. The van der Waals surface area contributed by atoms with Crippen LogP contribution in [-0.4, -0.2) is 39.6 Å². The highest BCUT2D eigenvalue weighted by molar-refractivity contribution is 7.99. The number of aromatic nitrogens is 2. The van der Waals surface area contributed by atoms with Gasteiger partial charge in [0.05, 0.1) is 18.8 Å². The van der Waals surface area contributed by atoms with Gasteiger partial charge in [0.25, 0.3) is 0 Å². The number of aliphatic hydroxyl groups is 1. The van der Waals surface area contributed by atoms with Crippen LogP contribution in [0.3, 0.4) is 0 Å². The maximum Gasteiger partial charge on any atom is 0.407 e. The number of aliphatic hydroxyl groups excluding tert-OH is 1. The predicted octanol–water partition coefficient (Wildman–Crippen LogP) is 6.63.